The Kier molecular flexibility index (Phi) is 2.29. The first-order valence-corrected chi connectivity index (χ1v) is 3.75. The number of carboxylic acids is 1. The first-order chi connectivity index (χ1) is 7.47. The van der Waals surface area contributed by atoms with Crippen LogP contribution in [-0.4, -0.2) is 23.3 Å². The lowest BCUT2D eigenvalue weighted by Crippen LogP contribution is -1.87. The van der Waals surface area contributed by atoms with Crippen LogP contribution in [0.4, 0.5) is 0 Å². The van der Waals surface area contributed by atoms with Gasteiger partial charge in [-0.05, 0) is 23.7 Å². The number of aromatic hydroxyl groups is 1. The molecule has 0 amide bonds. The number of ether oxygens (including phenoxy) is 1. The predicted octanol–water partition coefficient (Wildman–Crippen LogP) is 1.50. The molecule has 4 nitrogen and oxygen atoms in total. The van der Waals surface area contributed by atoms with Crippen molar-refractivity contribution in [2.24, 2.45) is 0 Å². The van der Waals surface area contributed by atoms with Crippen molar-refractivity contribution in [1.82, 2.24) is 0 Å². The van der Waals surface area contributed by atoms with Crippen LogP contribution in [0.2, 0.25) is 0 Å². The summed E-state index contributed by atoms with van der Waals surface area (Å²) in [7, 11) is 1.34. The molecule has 0 atom stereocenters. The highest BCUT2D eigenvalue weighted by atomic mass is 16.5. The monoisotopic (exact) mass is 196 g/mol. The van der Waals surface area contributed by atoms with Crippen LogP contribution in [0.1, 0.15) is 8.30 Å². The number of aliphatic carboxylic acids is 1. The zero-order valence-corrected chi connectivity index (χ0v) is 7.44. The Bertz CT molecular complexity index is 454. The van der Waals surface area contributed by atoms with Gasteiger partial charge in [0.25, 0.3) is 0 Å². The molecule has 2 N–H and O–H groups in total. The number of phenolic OH excluding ortho intramolecular Hbond substituents is 1. The molecule has 4 heteroatoms. The fourth-order valence-electron chi connectivity index (χ4n) is 0.881. The predicted molar refractivity (Wildman–Crippen MR) is 51.3 cm³/mol. The van der Waals surface area contributed by atoms with E-state index < -0.39 is 18.1 Å². The van der Waals surface area contributed by atoms with E-state index in [1.54, 1.807) is 0 Å². The number of carbonyl (C=O) groups is 1. The summed E-state index contributed by atoms with van der Waals surface area (Å²) >= 11 is 0. The van der Waals surface area contributed by atoms with E-state index in [0.29, 0.717) is 0 Å². The van der Waals surface area contributed by atoms with Crippen molar-refractivity contribution in [3.8, 4) is 11.5 Å². The molecule has 1 aromatic rings. The van der Waals surface area contributed by atoms with E-state index in [4.69, 9.17) is 12.6 Å². The van der Waals surface area contributed by atoms with E-state index in [0.717, 1.165) is 0 Å². The summed E-state index contributed by atoms with van der Waals surface area (Å²) in [6, 6.07) is 2.67. The van der Waals surface area contributed by atoms with Gasteiger partial charge in [-0.1, -0.05) is 6.07 Å². The molecule has 0 heterocycles. The van der Waals surface area contributed by atoms with Gasteiger partial charge in [0.15, 0.2) is 11.5 Å². The maximum atomic E-state index is 10.5. The van der Waals surface area contributed by atoms with Crippen molar-refractivity contribution < 1.29 is 22.5 Å². The third kappa shape index (κ3) is 2.52. The maximum absolute atomic E-state index is 10.5. The molecule has 74 valence electrons. The molecule has 0 radical (unpaired) electrons. The number of carboxylic acid groups (broad SMARTS) is 1. The summed E-state index contributed by atoms with van der Waals surface area (Å²) in [5.41, 5.74) is 0.196. The molecule has 0 saturated heterocycles. The standard InChI is InChI=1S/C10H10O4/c1-14-9-6-7(2-4-8(9)11)3-5-10(12)13/h2-6,11H,1H3,(H,12,13)/b5-3+/i3D,5D. The highest BCUT2D eigenvalue weighted by molar-refractivity contribution is 5.85. The average Bonchev–Trinajstić information content (AvgIpc) is 2.27. The molecule has 1 aromatic carbocycles. The van der Waals surface area contributed by atoms with Crippen LogP contribution in [0.25, 0.3) is 6.05 Å². The summed E-state index contributed by atoms with van der Waals surface area (Å²) < 4.78 is 19.4. The largest absolute Gasteiger partial charge is 0.504 e. The summed E-state index contributed by atoms with van der Waals surface area (Å²) in [4.78, 5) is 10.5. The molecule has 0 aliphatic carbocycles. The number of hydrogen-bond acceptors (Lipinski definition) is 3. The molecule has 0 aliphatic heterocycles. The number of hydrogen-bond donors (Lipinski definition) is 2. The molecule has 0 unspecified atom stereocenters. The maximum Gasteiger partial charge on any atom is 0.328 e. The second-order valence-electron chi connectivity index (χ2n) is 2.44. The van der Waals surface area contributed by atoms with Gasteiger partial charge in [0.2, 0.25) is 0 Å². The number of methoxy groups -OCH3 is 1. The van der Waals surface area contributed by atoms with Gasteiger partial charge < -0.3 is 14.9 Å². The molecule has 0 saturated carbocycles. The molecule has 1 rings (SSSR count). The van der Waals surface area contributed by atoms with Crippen LogP contribution < -0.4 is 4.74 Å². The minimum Gasteiger partial charge on any atom is -0.504 e. The van der Waals surface area contributed by atoms with E-state index in [1.807, 2.05) is 0 Å². The topological polar surface area (TPSA) is 66.8 Å². The van der Waals surface area contributed by atoms with Crippen molar-refractivity contribution in [1.29, 1.82) is 0 Å². The van der Waals surface area contributed by atoms with Crippen LogP contribution in [0.5, 0.6) is 11.5 Å². The Morgan fingerprint density at radius 2 is 2.36 bits per heavy atom. The lowest BCUT2D eigenvalue weighted by molar-refractivity contribution is -0.131. The first kappa shape index (κ1) is 7.44. The molecule has 0 spiro atoms. The van der Waals surface area contributed by atoms with E-state index in [1.165, 1.54) is 25.3 Å². The van der Waals surface area contributed by atoms with Gasteiger partial charge in [0.05, 0.1) is 9.85 Å². The van der Waals surface area contributed by atoms with Gasteiger partial charge in [-0.15, -0.1) is 0 Å². The highest BCUT2D eigenvalue weighted by Crippen LogP contribution is 2.26. The molecular weight excluding hydrogens is 184 g/mol. The van der Waals surface area contributed by atoms with Gasteiger partial charge in [-0.25, -0.2) is 4.79 Å². The van der Waals surface area contributed by atoms with E-state index in [2.05, 4.69) is 0 Å². The highest BCUT2D eigenvalue weighted by Gasteiger charge is 2.00. The summed E-state index contributed by atoms with van der Waals surface area (Å²) in [6.07, 6.45) is 0. The van der Waals surface area contributed by atoms with Gasteiger partial charge in [-0.3, -0.25) is 0 Å². The van der Waals surface area contributed by atoms with Crippen LogP contribution >= 0.6 is 0 Å². The van der Waals surface area contributed by atoms with Gasteiger partial charge >= 0.3 is 5.97 Å². The fourth-order valence-corrected chi connectivity index (χ4v) is 0.881. The van der Waals surface area contributed by atoms with Crippen molar-refractivity contribution in [3.05, 3.63) is 29.8 Å². The third-order valence-electron chi connectivity index (χ3n) is 1.49. The Labute approximate surface area is 83.9 Å². The van der Waals surface area contributed by atoms with Crippen molar-refractivity contribution in [3.63, 3.8) is 0 Å². The molecule has 0 fully saturated rings. The van der Waals surface area contributed by atoms with Crippen LogP contribution in [0.15, 0.2) is 24.3 Å². The van der Waals surface area contributed by atoms with Crippen LogP contribution in [0, 0.1) is 0 Å². The minimum absolute atomic E-state index is 0.110. The smallest absolute Gasteiger partial charge is 0.328 e. The number of phenols is 1. The van der Waals surface area contributed by atoms with Crippen LogP contribution in [-0.2, 0) is 4.79 Å². The molecular formula is C10H10O4. The van der Waals surface area contributed by atoms with Gasteiger partial charge in [0, 0.05) is 6.05 Å². The lowest BCUT2D eigenvalue weighted by atomic mass is 10.2. The fraction of sp³-hybridized carbons (Fsp3) is 0.100. The minimum atomic E-state index is -1.47. The second-order valence-corrected chi connectivity index (χ2v) is 2.44. The van der Waals surface area contributed by atoms with E-state index in [-0.39, 0.29) is 17.1 Å². The van der Waals surface area contributed by atoms with E-state index >= 15 is 0 Å². The van der Waals surface area contributed by atoms with Crippen molar-refractivity contribution in [2.75, 3.05) is 7.11 Å². The molecule has 14 heavy (non-hydrogen) atoms. The first-order valence-electron chi connectivity index (χ1n) is 4.75. The van der Waals surface area contributed by atoms with Gasteiger partial charge in [-0.2, -0.15) is 0 Å². The zero-order chi connectivity index (χ0) is 12.3. The SMILES string of the molecule is [2H]/C(C(=O)O)=C(/[2H])c1ccc(O)c(OC)c1. The van der Waals surface area contributed by atoms with E-state index in [9.17, 15) is 9.90 Å². The Morgan fingerprint density at radius 1 is 1.64 bits per heavy atom. The third-order valence-corrected chi connectivity index (χ3v) is 1.49. The summed E-state index contributed by atoms with van der Waals surface area (Å²) in [5, 5.41) is 17.8. The van der Waals surface area contributed by atoms with Crippen molar-refractivity contribution >= 4 is 12.0 Å². The second kappa shape index (κ2) is 4.32. The van der Waals surface area contributed by atoms with Crippen molar-refractivity contribution in [2.45, 2.75) is 0 Å². The average molecular weight is 196 g/mol. The zero-order valence-electron chi connectivity index (χ0n) is 9.44. The molecule has 0 aromatic heterocycles. The quantitative estimate of drug-likeness (QED) is 0.719. The number of rotatable bonds is 3. The summed E-state index contributed by atoms with van der Waals surface area (Å²) in [6.45, 7) is 0. The molecule has 0 aliphatic rings. The number of benzene rings is 1. The lowest BCUT2D eigenvalue weighted by Gasteiger charge is -2.03. The summed E-state index contributed by atoms with van der Waals surface area (Å²) in [5.74, 6) is -1.46. The van der Waals surface area contributed by atoms with Crippen LogP contribution in [0.3, 0.4) is 0 Å². The van der Waals surface area contributed by atoms with Gasteiger partial charge in [0.1, 0.15) is 0 Å². The Morgan fingerprint density at radius 3 is 2.93 bits per heavy atom. The molecule has 0 bridgehead atoms. The Hall–Kier alpha value is -1.97. The Balaban J connectivity index is 3.25. The normalized spacial score (nSPS) is 13.8.